The maximum absolute atomic E-state index is 12.5. The minimum atomic E-state index is 0.0542. The first-order valence-electron chi connectivity index (χ1n) is 9.95. The average Bonchev–Trinajstić information content (AvgIpc) is 3.21. The number of carbonyl (C=O) groups is 1. The van der Waals surface area contributed by atoms with Gasteiger partial charge in [0, 0.05) is 32.7 Å². The molecule has 0 bridgehead atoms. The fraction of sp³-hybridized carbons (Fsp3) is 0.391. The smallest absolute Gasteiger partial charge is 0.260 e. The van der Waals surface area contributed by atoms with E-state index in [1.165, 1.54) is 23.1 Å². The molecule has 0 saturated carbocycles. The number of hydrogen-bond acceptors (Lipinski definition) is 4. The first-order valence-corrected chi connectivity index (χ1v) is 9.95. The molecule has 0 aromatic heterocycles. The number of rotatable bonds is 5. The molecule has 0 spiro atoms. The van der Waals surface area contributed by atoms with E-state index in [1.807, 2.05) is 35.2 Å². The molecule has 1 saturated heterocycles. The van der Waals surface area contributed by atoms with Gasteiger partial charge in [-0.2, -0.15) is 5.26 Å². The molecule has 4 rings (SSSR count). The lowest BCUT2D eigenvalue weighted by atomic mass is 10.1. The van der Waals surface area contributed by atoms with Crippen molar-refractivity contribution in [3.05, 3.63) is 64.7 Å². The van der Waals surface area contributed by atoms with Gasteiger partial charge >= 0.3 is 0 Å². The normalized spacial score (nSPS) is 16.5. The topological polar surface area (TPSA) is 56.6 Å². The van der Waals surface area contributed by atoms with Crippen LogP contribution in [0.4, 0.5) is 0 Å². The summed E-state index contributed by atoms with van der Waals surface area (Å²) in [6.07, 6.45) is 3.48. The van der Waals surface area contributed by atoms with Gasteiger partial charge in [0.2, 0.25) is 0 Å². The Balaban J connectivity index is 1.23. The van der Waals surface area contributed by atoms with E-state index in [2.05, 4.69) is 23.1 Å². The van der Waals surface area contributed by atoms with Gasteiger partial charge in [0.15, 0.2) is 6.61 Å². The molecule has 2 aliphatic rings. The van der Waals surface area contributed by atoms with Crippen LogP contribution in [-0.2, 0) is 24.2 Å². The maximum atomic E-state index is 12.5. The summed E-state index contributed by atoms with van der Waals surface area (Å²) in [5, 5.41) is 8.88. The van der Waals surface area contributed by atoms with E-state index in [-0.39, 0.29) is 12.5 Å². The van der Waals surface area contributed by atoms with E-state index in [0.717, 1.165) is 51.3 Å². The molecule has 1 fully saturated rings. The van der Waals surface area contributed by atoms with Gasteiger partial charge in [0.1, 0.15) is 5.75 Å². The van der Waals surface area contributed by atoms with Crippen molar-refractivity contribution in [2.45, 2.75) is 25.8 Å². The second-order valence-electron chi connectivity index (χ2n) is 7.54. The molecule has 2 aromatic carbocycles. The predicted molar refractivity (Wildman–Crippen MR) is 107 cm³/mol. The van der Waals surface area contributed by atoms with Gasteiger partial charge < -0.3 is 9.64 Å². The maximum Gasteiger partial charge on any atom is 0.260 e. The zero-order valence-corrected chi connectivity index (χ0v) is 16.1. The summed E-state index contributed by atoms with van der Waals surface area (Å²) in [6, 6.07) is 16.0. The van der Waals surface area contributed by atoms with E-state index >= 15 is 0 Å². The second kappa shape index (κ2) is 8.45. The monoisotopic (exact) mass is 375 g/mol. The van der Waals surface area contributed by atoms with Crippen molar-refractivity contribution in [1.29, 1.82) is 5.26 Å². The molecule has 1 aliphatic carbocycles. The summed E-state index contributed by atoms with van der Waals surface area (Å²) in [6.45, 7) is 4.11. The van der Waals surface area contributed by atoms with Crippen LogP contribution in [0.15, 0.2) is 42.5 Å². The third-order valence-corrected chi connectivity index (χ3v) is 5.65. The molecule has 1 heterocycles. The van der Waals surface area contributed by atoms with Crippen LogP contribution in [0.5, 0.6) is 5.75 Å². The highest BCUT2D eigenvalue weighted by Gasteiger charge is 2.21. The van der Waals surface area contributed by atoms with Gasteiger partial charge in [-0.3, -0.25) is 9.69 Å². The van der Waals surface area contributed by atoms with Crippen molar-refractivity contribution in [1.82, 2.24) is 9.80 Å². The molecule has 0 N–H and O–H groups in total. The number of fused-ring (bicyclic) bond motifs is 1. The fourth-order valence-corrected chi connectivity index (χ4v) is 3.97. The Bertz CT molecular complexity index is 878. The Hall–Kier alpha value is -2.84. The van der Waals surface area contributed by atoms with Gasteiger partial charge in [-0.1, -0.05) is 18.2 Å². The number of nitrogens with zero attached hydrogens (tertiary/aromatic N) is 3. The Labute approximate surface area is 166 Å². The fourth-order valence-electron chi connectivity index (χ4n) is 3.97. The Morgan fingerprint density at radius 3 is 2.50 bits per heavy atom. The standard InChI is InChI=1S/C23H25N3O2/c24-15-18-4-6-19(7-5-18)16-25-10-12-26(13-11-25)23(27)17-28-22-9-8-20-2-1-3-21(20)14-22/h4-9,14H,1-3,10-13,16-17H2. The Morgan fingerprint density at radius 1 is 1.00 bits per heavy atom. The van der Waals surface area contributed by atoms with Crippen molar-refractivity contribution in [3.63, 3.8) is 0 Å². The van der Waals surface area contributed by atoms with Gasteiger partial charge in [0.05, 0.1) is 11.6 Å². The molecule has 2 aromatic rings. The molecule has 1 amide bonds. The second-order valence-corrected chi connectivity index (χ2v) is 7.54. The third kappa shape index (κ3) is 4.35. The first-order chi connectivity index (χ1) is 13.7. The van der Waals surface area contributed by atoms with Gasteiger partial charge in [-0.25, -0.2) is 0 Å². The van der Waals surface area contributed by atoms with Crippen LogP contribution in [0.3, 0.4) is 0 Å². The number of nitriles is 1. The van der Waals surface area contributed by atoms with Crippen molar-refractivity contribution >= 4 is 5.91 Å². The number of carbonyl (C=O) groups excluding carboxylic acids is 1. The number of aryl methyl sites for hydroxylation is 2. The molecule has 1 aliphatic heterocycles. The highest BCUT2D eigenvalue weighted by Crippen LogP contribution is 2.26. The number of piperazine rings is 1. The SMILES string of the molecule is N#Cc1ccc(CN2CCN(C(=O)COc3ccc4c(c3)CCC4)CC2)cc1. The number of benzene rings is 2. The molecule has 144 valence electrons. The largest absolute Gasteiger partial charge is 0.484 e. The Kier molecular flexibility index (Phi) is 5.59. The van der Waals surface area contributed by atoms with E-state index in [1.54, 1.807) is 0 Å². The van der Waals surface area contributed by atoms with Crippen LogP contribution in [0.25, 0.3) is 0 Å². The van der Waals surface area contributed by atoms with Gasteiger partial charge in [-0.15, -0.1) is 0 Å². The van der Waals surface area contributed by atoms with Crippen LogP contribution in [-0.4, -0.2) is 48.5 Å². The summed E-state index contributed by atoms with van der Waals surface area (Å²) in [4.78, 5) is 16.7. The molecule has 0 unspecified atom stereocenters. The highest BCUT2D eigenvalue weighted by molar-refractivity contribution is 5.77. The summed E-state index contributed by atoms with van der Waals surface area (Å²) in [7, 11) is 0. The predicted octanol–water partition coefficient (Wildman–Crippen LogP) is 2.77. The molecule has 5 heteroatoms. The molecule has 28 heavy (non-hydrogen) atoms. The van der Waals surface area contributed by atoms with E-state index in [4.69, 9.17) is 10.00 Å². The van der Waals surface area contributed by atoms with Crippen molar-refractivity contribution in [2.24, 2.45) is 0 Å². The van der Waals surface area contributed by atoms with Crippen LogP contribution >= 0.6 is 0 Å². The summed E-state index contributed by atoms with van der Waals surface area (Å²) in [5.74, 6) is 0.854. The number of amides is 1. The lowest BCUT2D eigenvalue weighted by Gasteiger charge is -2.34. The molecule has 5 nitrogen and oxygen atoms in total. The van der Waals surface area contributed by atoms with E-state index in [0.29, 0.717) is 5.56 Å². The summed E-state index contributed by atoms with van der Waals surface area (Å²) < 4.78 is 5.76. The third-order valence-electron chi connectivity index (χ3n) is 5.65. The molecule has 0 radical (unpaired) electrons. The quantitative estimate of drug-likeness (QED) is 0.806. The van der Waals surface area contributed by atoms with E-state index in [9.17, 15) is 4.79 Å². The van der Waals surface area contributed by atoms with E-state index < -0.39 is 0 Å². The zero-order valence-electron chi connectivity index (χ0n) is 16.1. The van der Waals surface area contributed by atoms with Crippen molar-refractivity contribution in [3.8, 4) is 11.8 Å². The minimum absolute atomic E-state index is 0.0542. The summed E-state index contributed by atoms with van der Waals surface area (Å²) in [5.41, 5.74) is 4.65. The minimum Gasteiger partial charge on any atom is -0.484 e. The van der Waals surface area contributed by atoms with Crippen molar-refractivity contribution < 1.29 is 9.53 Å². The van der Waals surface area contributed by atoms with Gasteiger partial charge in [-0.05, 0) is 60.2 Å². The molecular weight excluding hydrogens is 350 g/mol. The first kappa shape index (κ1) is 18.5. The van der Waals surface area contributed by atoms with Crippen LogP contribution in [0.1, 0.15) is 28.7 Å². The zero-order chi connectivity index (χ0) is 19.3. The summed E-state index contributed by atoms with van der Waals surface area (Å²) >= 11 is 0. The average molecular weight is 375 g/mol. The number of ether oxygens (including phenoxy) is 1. The van der Waals surface area contributed by atoms with Gasteiger partial charge in [0.25, 0.3) is 5.91 Å². The Morgan fingerprint density at radius 2 is 1.75 bits per heavy atom. The van der Waals surface area contributed by atoms with Crippen LogP contribution in [0.2, 0.25) is 0 Å². The van der Waals surface area contributed by atoms with Crippen LogP contribution in [0, 0.1) is 11.3 Å². The lowest BCUT2D eigenvalue weighted by molar-refractivity contribution is -0.135. The van der Waals surface area contributed by atoms with Crippen LogP contribution < -0.4 is 4.74 Å². The highest BCUT2D eigenvalue weighted by atomic mass is 16.5. The van der Waals surface area contributed by atoms with Crippen molar-refractivity contribution in [2.75, 3.05) is 32.8 Å². The molecular formula is C23H25N3O2. The molecule has 0 atom stereocenters. The lowest BCUT2D eigenvalue weighted by Crippen LogP contribution is -2.49. The number of hydrogen-bond donors (Lipinski definition) is 0.